The molecule has 0 amide bonds. The molecule has 0 atom stereocenters. The van der Waals surface area contributed by atoms with Crippen LogP contribution in [-0.4, -0.2) is 27.5 Å². The average molecular weight is 1250 g/mol. The quantitative estimate of drug-likeness (QED) is 0.152. The summed E-state index contributed by atoms with van der Waals surface area (Å²) in [7, 11) is 4.58. The summed E-state index contributed by atoms with van der Waals surface area (Å²) < 4.78 is 8.50. The summed E-state index contributed by atoms with van der Waals surface area (Å²) in [6, 6.07) is 96.0. The van der Waals surface area contributed by atoms with Gasteiger partial charge in [0.25, 0.3) is 13.4 Å². The highest BCUT2D eigenvalue weighted by Crippen LogP contribution is 2.63. The zero-order valence-corrected chi connectivity index (χ0v) is 55.9. The van der Waals surface area contributed by atoms with E-state index in [0.717, 1.165) is 96.4 Å². The highest BCUT2D eigenvalue weighted by molar-refractivity contribution is 7.03. The molecule has 97 heavy (non-hydrogen) atoms. The van der Waals surface area contributed by atoms with Crippen molar-refractivity contribution in [3.05, 3.63) is 271 Å². The number of furan rings is 1. The van der Waals surface area contributed by atoms with E-state index in [1.54, 1.807) is 0 Å². The molecule has 0 radical (unpaired) electrons. The summed E-state index contributed by atoms with van der Waals surface area (Å²) in [5.41, 5.74) is 38.8. The third-order valence-corrected chi connectivity index (χ3v) is 21.8. The highest BCUT2D eigenvalue weighted by atomic mass is 16.3. The molecular weight excluding hydrogens is 1180 g/mol. The van der Waals surface area contributed by atoms with Crippen molar-refractivity contribution in [2.24, 2.45) is 0 Å². The predicted octanol–water partition coefficient (Wildman–Crippen LogP) is 19.3. The number of fused-ring (bicyclic) bond motifs is 15. The van der Waals surface area contributed by atoms with E-state index in [1.807, 2.05) is 0 Å². The van der Waals surface area contributed by atoms with Gasteiger partial charge in [-0.1, -0.05) is 205 Å². The first-order chi connectivity index (χ1) is 47.2. The van der Waals surface area contributed by atoms with E-state index in [4.69, 9.17) is 4.42 Å². The maximum absolute atomic E-state index is 8.50. The summed E-state index contributed by atoms with van der Waals surface area (Å²) in [5, 5.41) is 0. The Bertz CT molecular complexity index is 5490. The zero-order chi connectivity index (χ0) is 65.2. The van der Waals surface area contributed by atoms with Gasteiger partial charge in [-0.15, -0.1) is 0 Å². The maximum atomic E-state index is 8.50. The van der Waals surface area contributed by atoms with Gasteiger partial charge in [0, 0.05) is 53.8 Å². The number of para-hydroxylation sites is 4. The van der Waals surface area contributed by atoms with Gasteiger partial charge in [0.1, 0.15) is 11.4 Å². The van der Waals surface area contributed by atoms with Crippen LogP contribution in [0.25, 0.3) is 33.4 Å². The van der Waals surface area contributed by atoms with Crippen molar-refractivity contribution in [1.29, 1.82) is 0 Å². The lowest BCUT2D eigenvalue weighted by molar-refractivity contribution is 0.590. The van der Waals surface area contributed by atoms with Gasteiger partial charge in [0.05, 0.1) is 73.9 Å². The smallest absolute Gasteiger partial charge is 0.297 e. The molecule has 0 unspecified atom stereocenters. The summed E-state index contributed by atoms with van der Waals surface area (Å²) >= 11 is 0. The van der Waals surface area contributed by atoms with E-state index in [2.05, 4.69) is 352 Å². The Hall–Kier alpha value is -11.4. The van der Waals surface area contributed by atoms with Crippen LogP contribution >= 0.6 is 0 Å². The second-order valence-electron chi connectivity index (χ2n) is 29.5. The minimum atomic E-state index is -0.380. The van der Waals surface area contributed by atoms with Crippen molar-refractivity contribution in [1.82, 2.24) is 0 Å². The fraction of sp³-hybridized carbons (Fsp3) is 0.126. The van der Waals surface area contributed by atoms with Gasteiger partial charge in [-0.25, -0.2) is 0 Å². The minimum Gasteiger partial charge on any atom is -0.480 e. The van der Waals surface area contributed by atoms with Gasteiger partial charge in [-0.05, 0) is 175 Å². The molecule has 1 aromatic heterocycles. The van der Waals surface area contributed by atoms with Crippen LogP contribution < -0.4 is 67.5 Å². The number of rotatable bonds is 6. The summed E-state index contributed by atoms with van der Waals surface area (Å²) in [6.07, 6.45) is 0. The highest BCUT2D eigenvalue weighted by Gasteiger charge is 2.58. The molecule has 12 aromatic carbocycles. The molecule has 8 heterocycles. The number of nitrogens with zero attached hydrogens (tertiary/aromatic N) is 7. The topological polar surface area (TPSA) is 35.8 Å². The molecule has 8 nitrogen and oxygen atoms in total. The van der Waals surface area contributed by atoms with Crippen molar-refractivity contribution in [2.75, 3.05) is 48.4 Å². The molecule has 0 fully saturated rings. The molecule has 0 N–H and O–H groups in total. The van der Waals surface area contributed by atoms with E-state index < -0.39 is 0 Å². The van der Waals surface area contributed by atoms with Crippen LogP contribution in [0, 0.1) is 6.92 Å². The van der Waals surface area contributed by atoms with Gasteiger partial charge in [-0.3, -0.25) is 0 Å². The standard InChI is InChI=1S/C87H69B2N7O/c1-52-43-71-77-72(44-52)95-65-37-25-26-38-66(65)96-74-50-61(92(59-33-21-13-22-34-59)60-35-23-14-24-36-60)49-73-78(74)89(64-51-62(54-29-17-11-18-30-54)76(55-31-19-12-20-32-55)81-80(64)94(73)68-42-40-58(87(5,6)7)48-70(68)91(81)9)85-83(96)82(95)84(97-85)88(77)63-45-56(53-27-15-10-16-28-53)46-75-79(63)93(71)67-41-39-57(86(2,3)4)47-69(67)90(75)8/h10-51H,1-9H3. The third-order valence-electron chi connectivity index (χ3n) is 21.8. The van der Waals surface area contributed by atoms with Crippen LogP contribution in [0.5, 0.6) is 0 Å². The molecule has 464 valence electrons. The Morgan fingerprint density at radius 1 is 0.320 bits per heavy atom. The Labute approximate surface area is 568 Å². The van der Waals surface area contributed by atoms with E-state index in [0.29, 0.717) is 0 Å². The molecule has 10 heteroatoms. The van der Waals surface area contributed by atoms with Crippen LogP contribution in [0.2, 0.25) is 0 Å². The Morgan fingerprint density at radius 2 is 0.742 bits per heavy atom. The molecular formula is C87H69B2N7O. The molecule has 0 saturated carbocycles. The van der Waals surface area contributed by atoms with Gasteiger partial charge >= 0.3 is 0 Å². The number of hydrogen-bond acceptors (Lipinski definition) is 8. The minimum absolute atomic E-state index is 0.0578. The monoisotopic (exact) mass is 1250 g/mol. The van der Waals surface area contributed by atoms with Crippen LogP contribution in [0.15, 0.2) is 259 Å². The average Bonchev–Trinajstić information content (AvgIpc) is 1.64. The molecule has 7 aliphatic rings. The summed E-state index contributed by atoms with van der Waals surface area (Å²) in [4.78, 5) is 17.9. The first-order valence-electron chi connectivity index (χ1n) is 34.2. The zero-order valence-electron chi connectivity index (χ0n) is 55.9. The molecule has 0 bridgehead atoms. The summed E-state index contributed by atoms with van der Waals surface area (Å²) in [5.74, 6) is 0. The second kappa shape index (κ2) is 19.9. The molecule has 7 aliphatic heterocycles. The van der Waals surface area contributed by atoms with Crippen molar-refractivity contribution in [3.63, 3.8) is 0 Å². The van der Waals surface area contributed by atoms with Crippen molar-refractivity contribution in [3.8, 4) is 33.4 Å². The summed E-state index contributed by atoms with van der Waals surface area (Å²) in [6.45, 7) is 15.5. The third kappa shape index (κ3) is 7.72. The van der Waals surface area contributed by atoms with Gasteiger partial charge < -0.3 is 38.7 Å². The maximum Gasteiger partial charge on any atom is 0.297 e. The van der Waals surface area contributed by atoms with Crippen LogP contribution in [0.1, 0.15) is 58.2 Å². The lowest BCUT2D eigenvalue weighted by Crippen LogP contribution is -2.62. The van der Waals surface area contributed by atoms with E-state index in [-0.39, 0.29) is 24.3 Å². The second-order valence-corrected chi connectivity index (χ2v) is 29.5. The van der Waals surface area contributed by atoms with Gasteiger partial charge in [-0.2, -0.15) is 0 Å². The predicted molar refractivity (Wildman–Crippen MR) is 410 cm³/mol. The SMILES string of the molecule is Cc1cc2c3c(c1)N1c4ccccc4N4c5cc(N(c6ccccc6)c6ccccc6)cc6c5B(c5cc(-c7ccccc7)c(-c7ccccc7)c7c5N6c5ccc(C(C)(C)C)cc5N7C)c5oc(c1c54)B3c1cc(-c3ccccc3)cc3c1N2c1ccc(C(C)(C)C)cc1N3C. The normalized spacial score (nSPS) is 14.3. The molecule has 13 aromatic rings. The van der Waals surface area contributed by atoms with Crippen molar-refractivity contribution >= 4 is 155 Å². The molecule has 0 aliphatic carbocycles. The number of benzene rings is 12. The Balaban J connectivity index is 0.942. The van der Waals surface area contributed by atoms with Crippen LogP contribution in [0.3, 0.4) is 0 Å². The van der Waals surface area contributed by atoms with Crippen LogP contribution in [-0.2, 0) is 10.8 Å². The molecule has 20 rings (SSSR count). The first kappa shape index (κ1) is 56.0. The molecule has 0 saturated heterocycles. The Morgan fingerprint density at radius 3 is 1.26 bits per heavy atom. The number of aryl methyl sites for hydroxylation is 1. The lowest BCUT2D eigenvalue weighted by atomic mass is 9.34. The fourth-order valence-corrected chi connectivity index (χ4v) is 17.4. The van der Waals surface area contributed by atoms with Gasteiger partial charge in [0.15, 0.2) is 0 Å². The van der Waals surface area contributed by atoms with E-state index >= 15 is 0 Å². The van der Waals surface area contributed by atoms with Crippen LogP contribution in [0.4, 0.5) is 108 Å². The van der Waals surface area contributed by atoms with Gasteiger partial charge in [0.2, 0.25) is 0 Å². The van der Waals surface area contributed by atoms with E-state index in [1.165, 1.54) is 94.9 Å². The lowest BCUT2D eigenvalue weighted by Gasteiger charge is -2.50. The van der Waals surface area contributed by atoms with Crippen molar-refractivity contribution in [2.45, 2.75) is 59.3 Å². The Kier molecular flexibility index (Phi) is 11.5. The number of hydrogen-bond donors (Lipinski definition) is 0. The van der Waals surface area contributed by atoms with E-state index in [9.17, 15) is 0 Å². The largest absolute Gasteiger partial charge is 0.480 e. The number of anilines is 19. The fourth-order valence-electron chi connectivity index (χ4n) is 17.4. The van der Waals surface area contributed by atoms with Crippen molar-refractivity contribution < 1.29 is 4.42 Å². The molecule has 0 spiro atoms. The first-order valence-corrected chi connectivity index (χ1v) is 34.2.